The Morgan fingerprint density at radius 2 is 2.03 bits per heavy atom. The molecule has 172 valence electrons. The van der Waals surface area contributed by atoms with E-state index in [1.807, 2.05) is 0 Å². The fraction of sp³-hybridized carbons (Fsp3) is 0.368. The topological polar surface area (TPSA) is 143 Å². The Labute approximate surface area is 184 Å². The molecule has 2 aromatic rings. The van der Waals surface area contributed by atoms with Gasteiger partial charge in [-0.25, -0.2) is 28.7 Å². The van der Waals surface area contributed by atoms with Gasteiger partial charge in [0.15, 0.2) is 0 Å². The summed E-state index contributed by atoms with van der Waals surface area (Å²) in [5.74, 6) is -0.327. The quantitative estimate of drug-likeness (QED) is 0.612. The number of ether oxygens (including phenoxy) is 1. The van der Waals surface area contributed by atoms with Crippen LogP contribution in [-0.4, -0.2) is 48.1 Å². The van der Waals surface area contributed by atoms with E-state index >= 15 is 0 Å². The van der Waals surface area contributed by atoms with Crippen LogP contribution in [0.2, 0.25) is 0 Å². The SMILES string of the molecule is CN1Cc2c(ncnc2-c2ccc(CNS(=O)(=O)NC(=O)OC(C)(C)C)c(F)c2)NC1=O. The lowest BCUT2D eigenvalue weighted by atomic mass is 10.0. The first-order chi connectivity index (χ1) is 14.8. The molecule has 1 aliphatic rings. The molecule has 13 heteroatoms. The number of urea groups is 1. The van der Waals surface area contributed by atoms with Crippen molar-refractivity contribution in [2.45, 2.75) is 39.5 Å². The minimum atomic E-state index is -4.26. The lowest BCUT2D eigenvalue weighted by molar-refractivity contribution is 0.0569. The van der Waals surface area contributed by atoms with E-state index in [0.29, 0.717) is 22.6 Å². The first-order valence-corrected chi connectivity index (χ1v) is 11.0. The predicted octanol–water partition coefficient (Wildman–Crippen LogP) is 2.12. The van der Waals surface area contributed by atoms with Crippen molar-refractivity contribution in [3.8, 4) is 11.3 Å². The van der Waals surface area contributed by atoms with Crippen molar-refractivity contribution in [1.29, 1.82) is 0 Å². The predicted molar refractivity (Wildman–Crippen MR) is 113 cm³/mol. The molecule has 32 heavy (non-hydrogen) atoms. The second-order valence-corrected chi connectivity index (χ2v) is 9.57. The number of halogens is 1. The van der Waals surface area contributed by atoms with E-state index < -0.39 is 34.3 Å². The summed E-state index contributed by atoms with van der Waals surface area (Å²) in [4.78, 5) is 33.1. The molecule has 1 aliphatic heterocycles. The molecule has 3 rings (SSSR count). The summed E-state index contributed by atoms with van der Waals surface area (Å²) in [6.45, 7) is 4.61. The summed E-state index contributed by atoms with van der Waals surface area (Å²) in [5.41, 5.74) is 0.684. The zero-order valence-electron chi connectivity index (χ0n) is 17.9. The van der Waals surface area contributed by atoms with Gasteiger partial charge in [-0.1, -0.05) is 12.1 Å². The van der Waals surface area contributed by atoms with Crippen molar-refractivity contribution in [1.82, 2.24) is 24.3 Å². The van der Waals surface area contributed by atoms with Gasteiger partial charge < -0.3 is 9.64 Å². The summed E-state index contributed by atoms with van der Waals surface area (Å²) < 4.78 is 47.4. The van der Waals surface area contributed by atoms with Gasteiger partial charge in [0.25, 0.3) is 0 Å². The number of nitrogens with zero attached hydrogens (tertiary/aromatic N) is 3. The molecule has 0 radical (unpaired) electrons. The van der Waals surface area contributed by atoms with Crippen molar-refractivity contribution in [3.63, 3.8) is 0 Å². The molecular weight excluding hydrogens is 443 g/mol. The molecule has 0 bridgehead atoms. The molecule has 1 aromatic heterocycles. The maximum absolute atomic E-state index is 14.7. The zero-order chi connectivity index (χ0) is 23.7. The average molecular weight is 466 g/mol. The molecule has 3 N–H and O–H groups in total. The fourth-order valence-electron chi connectivity index (χ4n) is 2.88. The van der Waals surface area contributed by atoms with E-state index in [9.17, 15) is 22.4 Å². The number of rotatable bonds is 5. The van der Waals surface area contributed by atoms with Crippen LogP contribution in [0.3, 0.4) is 0 Å². The van der Waals surface area contributed by atoms with Gasteiger partial charge in [-0.2, -0.15) is 13.1 Å². The van der Waals surface area contributed by atoms with E-state index in [0.717, 1.165) is 0 Å². The molecule has 0 atom stereocenters. The number of hydrogen-bond acceptors (Lipinski definition) is 7. The molecule has 0 unspecified atom stereocenters. The number of carbonyl (C=O) groups excluding carboxylic acids is 2. The summed E-state index contributed by atoms with van der Waals surface area (Å²) >= 11 is 0. The molecule has 0 aliphatic carbocycles. The molecule has 0 saturated heterocycles. The third-order valence-electron chi connectivity index (χ3n) is 4.31. The Morgan fingerprint density at radius 3 is 2.69 bits per heavy atom. The monoisotopic (exact) mass is 466 g/mol. The van der Waals surface area contributed by atoms with E-state index in [2.05, 4.69) is 20.0 Å². The highest BCUT2D eigenvalue weighted by molar-refractivity contribution is 7.88. The van der Waals surface area contributed by atoms with Crippen molar-refractivity contribution in [2.24, 2.45) is 0 Å². The van der Waals surface area contributed by atoms with E-state index in [1.54, 1.807) is 38.6 Å². The van der Waals surface area contributed by atoms with Crippen LogP contribution in [0, 0.1) is 5.82 Å². The van der Waals surface area contributed by atoms with Crippen molar-refractivity contribution in [3.05, 3.63) is 41.5 Å². The maximum atomic E-state index is 14.7. The summed E-state index contributed by atoms with van der Waals surface area (Å²) in [6, 6.07) is 3.88. The molecule has 0 spiro atoms. The van der Waals surface area contributed by atoms with Gasteiger partial charge in [0.2, 0.25) is 0 Å². The second-order valence-electron chi connectivity index (χ2n) is 8.07. The van der Waals surface area contributed by atoms with E-state index in [4.69, 9.17) is 4.74 Å². The molecular formula is C19H23FN6O5S. The highest BCUT2D eigenvalue weighted by atomic mass is 32.2. The highest BCUT2D eigenvalue weighted by Crippen LogP contribution is 2.30. The van der Waals surface area contributed by atoms with Crippen LogP contribution in [0.1, 0.15) is 31.9 Å². The van der Waals surface area contributed by atoms with Crippen LogP contribution in [0.15, 0.2) is 24.5 Å². The molecule has 3 amide bonds. The third-order valence-corrected chi connectivity index (χ3v) is 5.27. The van der Waals surface area contributed by atoms with Crippen molar-refractivity contribution < 1.29 is 27.1 Å². The van der Waals surface area contributed by atoms with Gasteiger partial charge in [-0.05, 0) is 26.8 Å². The lowest BCUT2D eigenvalue weighted by Crippen LogP contribution is -2.42. The minimum absolute atomic E-state index is 0.0525. The lowest BCUT2D eigenvalue weighted by Gasteiger charge is -2.26. The van der Waals surface area contributed by atoms with Gasteiger partial charge in [0, 0.05) is 30.3 Å². The Bertz CT molecular complexity index is 1170. The smallest absolute Gasteiger partial charge is 0.422 e. The van der Waals surface area contributed by atoms with Crippen LogP contribution in [-0.2, 0) is 28.0 Å². The number of anilines is 1. The van der Waals surface area contributed by atoms with Crippen LogP contribution in [0.4, 0.5) is 19.8 Å². The van der Waals surface area contributed by atoms with Crippen LogP contribution in [0.25, 0.3) is 11.3 Å². The average Bonchev–Trinajstić information content (AvgIpc) is 2.65. The number of benzene rings is 1. The number of amides is 3. The fourth-order valence-corrected chi connectivity index (χ4v) is 3.56. The minimum Gasteiger partial charge on any atom is -0.443 e. The summed E-state index contributed by atoms with van der Waals surface area (Å²) in [7, 11) is -2.65. The van der Waals surface area contributed by atoms with Gasteiger partial charge in [0.05, 0.1) is 12.2 Å². The van der Waals surface area contributed by atoms with Crippen molar-refractivity contribution in [2.75, 3.05) is 12.4 Å². The number of fused-ring (bicyclic) bond motifs is 1. The number of nitrogens with one attached hydrogen (secondary N) is 3. The molecule has 1 aromatic carbocycles. The number of aromatic nitrogens is 2. The molecule has 0 saturated carbocycles. The Hall–Kier alpha value is -3.32. The first kappa shape index (κ1) is 23.3. The Kier molecular flexibility index (Phi) is 6.32. The standard InChI is InChI=1S/C19H23FN6O5S/c1-19(2,3)31-18(28)25-32(29,30)23-8-12-6-5-11(7-14(12)20)15-13-9-26(4)17(27)24-16(13)22-10-21-15/h5-7,10,23H,8-9H2,1-4H3,(H,25,28)(H,21,22,24,27). The third kappa shape index (κ3) is 5.68. The van der Waals surface area contributed by atoms with Crippen LogP contribution in [0.5, 0.6) is 0 Å². The van der Waals surface area contributed by atoms with Gasteiger partial charge in [-0.3, -0.25) is 5.32 Å². The largest absolute Gasteiger partial charge is 0.443 e. The molecule has 2 heterocycles. The Morgan fingerprint density at radius 1 is 1.31 bits per heavy atom. The molecule has 11 nitrogen and oxygen atoms in total. The van der Waals surface area contributed by atoms with Crippen LogP contribution >= 0.6 is 0 Å². The van der Waals surface area contributed by atoms with E-state index in [-0.39, 0.29) is 18.1 Å². The Balaban J connectivity index is 1.74. The normalized spacial score (nSPS) is 13.9. The van der Waals surface area contributed by atoms with Gasteiger partial charge >= 0.3 is 22.3 Å². The first-order valence-electron chi connectivity index (χ1n) is 9.50. The van der Waals surface area contributed by atoms with Crippen molar-refractivity contribution >= 4 is 28.2 Å². The molecule has 0 fully saturated rings. The second kappa shape index (κ2) is 8.67. The van der Waals surface area contributed by atoms with E-state index in [1.165, 1.54) is 23.4 Å². The summed E-state index contributed by atoms with van der Waals surface area (Å²) in [5, 5.41) is 2.63. The maximum Gasteiger partial charge on any atom is 0.422 e. The van der Waals surface area contributed by atoms with Gasteiger partial charge in [-0.15, -0.1) is 0 Å². The van der Waals surface area contributed by atoms with Gasteiger partial charge in [0.1, 0.15) is 23.6 Å². The summed E-state index contributed by atoms with van der Waals surface area (Å²) in [6.07, 6.45) is 0.119. The number of hydrogen-bond donors (Lipinski definition) is 3. The number of carbonyl (C=O) groups is 2. The highest BCUT2D eigenvalue weighted by Gasteiger charge is 2.25. The van der Waals surface area contributed by atoms with Crippen LogP contribution < -0.4 is 14.8 Å². The zero-order valence-corrected chi connectivity index (χ0v) is 18.7.